The fourth-order valence-electron chi connectivity index (χ4n) is 9.40. The van der Waals surface area contributed by atoms with E-state index in [4.69, 9.17) is 33.7 Å². The monoisotopic (exact) mass is 939 g/mol. The quantitative estimate of drug-likeness (QED) is 0.100. The maximum atomic E-state index is 12.9. The van der Waals surface area contributed by atoms with Gasteiger partial charge in [0.2, 0.25) is 11.9 Å². The van der Waals surface area contributed by atoms with Gasteiger partial charge in [0.1, 0.15) is 30.4 Å². The van der Waals surface area contributed by atoms with Crippen molar-refractivity contribution >= 4 is 40.1 Å². The van der Waals surface area contributed by atoms with E-state index in [1.165, 1.54) is 25.7 Å². The van der Waals surface area contributed by atoms with Crippen molar-refractivity contribution in [1.29, 1.82) is 0 Å². The number of hydrogen-bond donors (Lipinski definition) is 4. The summed E-state index contributed by atoms with van der Waals surface area (Å²) < 4.78 is 15.7. The Morgan fingerprint density at radius 2 is 1.19 bits per heavy atom. The molecule has 0 spiro atoms. The summed E-state index contributed by atoms with van der Waals surface area (Å²) in [4.78, 5) is 49.6. The summed E-state index contributed by atoms with van der Waals surface area (Å²) in [6.07, 6.45) is 17.2. The van der Waals surface area contributed by atoms with Gasteiger partial charge in [-0.3, -0.25) is 0 Å². The van der Waals surface area contributed by atoms with Crippen molar-refractivity contribution in [3.05, 3.63) is 120 Å². The van der Waals surface area contributed by atoms with Crippen LogP contribution in [0.15, 0.2) is 101 Å². The highest BCUT2D eigenvalue weighted by Crippen LogP contribution is 2.34. The van der Waals surface area contributed by atoms with Gasteiger partial charge in [0.25, 0.3) is 0 Å². The molecule has 1 aliphatic heterocycles. The molecule has 4 N–H and O–H groups in total. The third-order valence-electron chi connectivity index (χ3n) is 13.6. The van der Waals surface area contributed by atoms with Crippen LogP contribution in [0, 0.1) is 33.6 Å². The highest BCUT2D eigenvalue weighted by atomic mass is 16.6. The Hall–Kier alpha value is -7.95. The summed E-state index contributed by atoms with van der Waals surface area (Å²) in [6, 6.07) is 18.3. The van der Waals surface area contributed by atoms with Crippen molar-refractivity contribution in [2.45, 2.75) is 105 Å². The number of ether oxygens (including phenoxy) is 1. The van der Waals surface area contributed by atoms with E-state index in [1.54, 1.807) is 17.4 Å². The molecule has 17 heteroatoms. The Bertz CT molecular complexity index is 3260. The number of piperidine rings is 1. The second-order valence-corrected chi connectivity index (χ2v) is 18.7. The topological polar surface area (TPSA) is 215 Å². The molecule has 0 unspecified atom stereocenters. The summed E-state index contributed by atoms with van der Waals surface area (Å²) in [5, 5.41) is 16.9. The molecule has 358 valence electrons. The van der Waals surface area contributed by atoms with Crippen LogP contribution in [0.1, 0.15) is 80.5 Å². The van der Waals surface area contributed by atoms with E-state index < -0.39 is 0 Å². The molecule has 2 aliphatic rings. The van der Waals surface area contributed by atoms with Gasteiger partial charge >= 0.3 is 6.09 Å². The molecule has 70 heavy (non-hydrogen) atoms. The predicted octanol–water partition coefficient (Wildman–Crippen LogP) is 11.2. The fourth-order valence-corrected chi connectivity index (χ4v) is 9.40. The minimum atomic E-state index is -0.305. The summed E-state index contributed by atoms with van der Waals surface area (Å²) in [6.45, 7) is 13.0. The largest absolute Gasteiger partial charge is 0.445 e. The lowest BCUT2D eigenvalue weighted by molar-refractivity contribution is 0.0695. The molecule has 9 heterocycles. The highest BCUT2D eigenvalue weighted by Gasteiger charge is 2.31. The van der Waals surface area contributed by atoms with E-state index in [-0.39, 0.29) is 24.8 Å². The van der Waals surface area contributed by atoms with Crippen molar-refractivity contribution in [1.82, 2.24) is 55.1 Å². The van der Waals surface area contributed by atoms with Gasteiger partial charge in [-0.05, 0) is 120 Å². The Kier molecular flexibility index (Phi) is 13.1. The Labute approximate surface area is 405 Å². The predicted molar refractivity (Wildman–Crippen MR) is 269 cm³/mol. The molecule has 0 bridgehead atoms. The third-order valence-corrected chi connectivity index (χ3v) is 13.6. The van der Waals surface area contributed by atoms with Gasteiger partial charge in [-0.25, -0.2) is 34.7 Å². The maximum Gasteiger partial charge on any atom is 0.410 e. The van der Waals surface area contributed by atoms with Gasteiger partial charge in [0.15, 0.2) is 0 Å². The molecule has 1 amide bonds. The van der Waals surface area contributed by atoms with Crippen molar-refractivity contribution in [3.63, 3.8) is 0 Å². The zero-order chi connectivity index (χ0) is 48.3. The number of H-pyrrole nitrogens is 2. The second-order valence-electron chi connectivity index (χ2n) is 18.7. The zero-order valence-electron chi connectivity index (χ0n) is 40.3. The van der Waals surface area contributed by atoms with E-state index in [2.05, 4.69) is 60.8 Å². The number of rotatable bonds is 10. The Balaban J connectivity index is 0.000000169. The van der Waals surface area contributed by atoms with Gasteiger partial charge < -0.3 is 39.3 Å². The number of fused-ring (bicyclic) bond motifs is 2. The first-order chi connectivity index (χ1) is 34.0. The number of aromatic nitrogens is 10. The van der Waals surface area contributed by atoms with E-state index in [1.807, 2.05) is 101 Å². The van der Waals surface area contributed by atoms with Crippen LogP contribution in [0.4, 0.5) is 16.7 Å². The first-order valence-electron chi connectivity index (χ1n) is 24.0. The molecular weight excluding hydrogens is 883 g/mol. The second kappa shape index (κ2) is 19.9. The third kappa shape index (κ3) is 9.82. The van der Waals surface area contributed by atoms with Crippen molar-refractivity contribution in [3.8, 4) is 45.0 Å². The molecule has 2 atom stereocenters. The minimum absolute atomic E-state index is 0.00929. The van der Waals surface area contributed by atoms with E-state index in [0.29, 0.717) is 24.5 Å². The zero-order valence-corrected chi connectivity index (χ0v) is 40.3. The summed E-state index contributed by atoms with van der Waals surface area (Å²) >= 11 is 0. The highest BCUT2D eigenvalue weighted by molar-refractivity contribution is 5.95. The van der Waals surface area contributed by atoms with Crippen molar-refractivity contribution in [2.75, 3.05) is 17.2 Å². The first kappa shape index (κ1) is 45.8. The van der Waals surface area contributed by atoms with E-state index >= 15 is 0 Å². The number of aromatic amines is 2. The molecular formula is C53H57N13O4. The number of hydrogen-bond acceptors (Lipinski definition) is 14. The van der Waals surface area contributed by atoms with Crippen LogP contribution in [0.3, 0.4) is 0 Å². The van der Waals surface area contributed by atoms with E-state index in [9.17, 15) is 4.79 Å². The Morgan fingerprint density at radius 1 is 0.657 bits per heavy atom. The standard InChI is InChI=1S/C30H31N7O3.C23H26N6O/c1-18-13-32-29(33-22-10-9-19(2)37(15-22)30(38)39-16-21-7-5-4-6-8-21)35-27(18)24-14-31-28-23(24)11-12-26(34-28)25-17-40-36-20(25)3;1-13-4-6-16(7-5-13)26-23-25-10-14(2)21(28-23)18-11-24-22-17(18)8-9-20(27-22)19-12-30-29-15(19)3/h4-8,11-14,17,19,22H,9-10,15-16H2,1-3H3,(H,31,34)(H,32,33,35);8-13,16H,4-7H2,1-3H3,(H,24,27)(H,25,26,28)/t19-,22-;/m0./s1. The first-order valence-corrected chi connectivity index (χ1v) is 24.0. The van der Waals surface area contributed by atoms with Gasteiger partial charge in [0.05, 0.1) is 45.3 Å². The van der Waals surface area contributed by atoms with Crippen LogP contribution >= 0.6 is 0 Å². The summed E-state index contributed by atoms with van der Waals surface area (Å²) in [7, 11) is 0. The van der Waals surface area contributed by atoms with Gasteiger partial charge in [-0.2, -0.15) is 0 Å². The maximum absolute atomic E-state index is 12.9. The van der Waals surface area contributed by atoms with Crippen LogP contribution in [-0.4, -0.2) is 85.8 Å². The van der Waals surface area contributed by atoms with Gasteiger partial charge in [-0.15, -0.1) is 0 Å². The van der Waals surface area contributed by atoms with Crippen LogP contribution in [0.5, 0.6) is 0 Å². The number of likely N-dealkylation sites (tertiary alicyclic amines) is 1. The number of benzene rings is 1. The number of pyridine rings is 2. The average Bonchev–Trinajstić information content (AvgIpc) is 4.20. The van der Waals surface area contributed by atoms with Gasteiger partial charge in [-0.1, -0.05) is 47.6 Å². The number of carbonyl (C=O) groups excluding carboxylic acids is 1. The molecule has 1 saturated heterocycles. The number of anilines is 2. The van der Waals surface area contributed by atoms with Crippen LogP contribution < -0.4 is 10.6 Å². The number of amides is 1. The van der Waals surface area contributed by atoms with Gasteiger partial charge in [0, 0.05) is 71.4 Å². The number of nitrogens with one attached hydrogen (secondary N) is 4. The normalized spacial score (nSPS) is 18.1. The van der Waals surface area contributed by atoms with E-state index in [0.717, 1.165) is 114 Å². The molecule has 11 rings (SSSR count). The lowest BCUT2D eigenvalue weighted by Gasteiger charge is -2.37. The molecule has 1 saturated carbocycles. The van der Waals surface area contributed by atoms with Crippen molar-refractivity contribution < 1.29 is 18.6 Å². The summed E-state index contributed by atoms with van der Waals surface area (Å²) in [5.41, 5.74) is 13.3. The molecule has 0 radical (unpaired) electrons. The smallest absolute Gasteiger partial charge is 0.410 e. The molecule has 8 aromatic heterocycles. The van der Waals surface area contributed by atoms with Crippen LogP contribution in [0.2, 0.25) is 0 Å². The molecule has 17 nitrogen and oxygen atoms in total. The Morgan fingerprint density at radius 3 is 1.71 bits per heavy atom. The SMILES string of the molecule is Cc1cnc(NC2CCC(C)CC2)nc1-c1c[nH]c2nc(-c3conc3C)ccc12.Cc1cnc(N[C@H]2CC[C@H](C)N(C(=O)OCc3ccccc3)C2)nc1-c1c[nH]c2nc(-c3conc3C)ccc12. The molecule has 1 aromatic carbocycles. The van der Waals surface area contributed by atoms with Crippen LogP contribution in [0.25, 0.3) is 67.1 Å². The minimum Gasteiger partial charge on any atom is -0.445 e. The number of nitrogens with zero attached hydrogens (tertiary/aromatic N) is 9. The number of carbonyl (C=O) groups is 1. The average molecular weight is 940 g/mol. The number of aryl methyl sites for hydroxylation is 4. The lowest BCUT2D eigenvalue weighted by Crippen LogP contribution is -2.50. The molecule has 2 fully saturated rings. The fraction of sp³-hybridized carbons (Fsp3) is 0.340. The van der Waals surface area contributed by atoms with Crippen LogP contribution in [-0.2, 0) is 11.3 Å². The molecule has 9 aromatic rings. The van der Waals surface area contributed by atoms with Crippen molar-refractivity contribution in [2.24, 2.45) is 5.92 Å². The lowest BCUT2D eigenvalue weighted by atomic mass is 9.87. The summed E-state index contributed by atoms with van der Waals surface area (Å²) in [5.74, 6) is 2.05. The molecule has 1 aliphatic carbocycles.